The molecule has 2 nitrogen and oxygen atoms in total. The van der Waals surface area contributed by atoms with Crippen LogP contribution in [0, 0.1) is 5.41 Å². The van der Waals surface area contributed by atoms with Crippen LogP contribution in [-0.2, 0) is 4.79 Å². The molecule has 1 fully saturated rings. The van der Waals surface area contributed by atoms with Gasteiger partial charge in [-0.05, 0) is 17.9 Å². The standard InChI is InChI=1S/C12H13NO/c13-11-6-10(7-12(14)8-11)9-4-2-1-3-5-9/h1-5,10,13H,6-8H2. The third kappa shape index (κ3) is 1.90. The van der Waals surface area contributed by atoms with Crippen molar-refractivity contribution in [2.24, 2.45) is 0 Å². The van der Waals surface area contributed by atoms with Gasteiger partial charge < -0.3 is 5.41 Å². The fourth-order valence-electron chi connectivity index (χ4n) is 1.99. The molecule has 1 aliphatic carbocycles. The Kier molecular flexibility index (Phi) is 2.44. The minimum atomic E-state index is 0.204. The lowest BCUT2D eigenvalue weighted by atomic mass is 9.82. The molecule has 0 bridgehead atoms. The Balaban J connectivity index is 2.19. The lowest BCUT2D eigenvalue weighted by Gasteiger charge is -2.21. The zero-order valence-electron chi connectivity index (χ0n) is 7.99. The third-order valence-electron chi connectivity index (χ3n) is 2.65. The fraction of sp³-hybridized carbons (Fsp3) is 0.333. The monoisotopic (exact) mass is 187 g/mol. The quantitative estimate of drug-likeness (QED) is 0.721. The predicted molar refractivity (Wildman–Crippen MR) is 55.8 cm³/mol. The molecule has 2 rings (SSSR count). The molecular weight excluding hydrogens is 174 g/mol. The van der Waals surface area contributed by atoms with Crippen molar-refractivity contribution in [3.8, 4) is 0 Å². The molecule has 1 aromatic rings. The SMILES string of the molecule is N=C1CC(=O)CC(c2ccccc2)C1. The summed E-state index contributed by atoms with van der Waals surface area (Å²) in [5.74, 6) is 0.444. The van der Waals surface area contributed by atoms with Gasteiger partial charge in [-0.15, -0.1) is 0 Å². The summed E-state index contributed by atoms with van der Waals surface area (Å²) in [6.45, 7) is 0. The van der Waals surface area contributed by atoms with E-state index in [2.05, 4.69) is 0 Å². The van der Waals surface area contributed by atoms with E-state index in [0.717, 1.165) is 6.42 Å². The van der Waals surface area contributed by atoms with Crippen molar-refractivity contribution < 1.29 is 4.79 Å². The summed E-state index contributed by atoms with van der Waals surface area (Å²) in [5.41, 5.74) is 1.76. The van der Waals surface area contributed by atoms with Gasteiger partial charge in [0.1, 0.15) is 5.78 Å². The predicted octanol–water partition coefficient (Wildman–Crippen LogP) is 2.54. The van der Waals surface area contributed by atoms with Crippen molar-refractivity contribution in [3.63, 3.8) is 0 Å². The molecule has 0 spiro atoms. The Hall–Kier alpha value is -1.44. The number of hydrogen-bond donors (Lipinski definition) is 1. The van der Waals surface area contributed by atoms with E-state index in [1.54, 1.807) is 0 Å². The molecule has 2 heteroatoms. The number of carbonyl (C=O) groups excluding carboxylic acids is 1. The Morgan fingerprint density at radius 1 is 1.14 bits per heavy atom. The average molecular weight is 187 g/mol. The number of ketones is 1. The van der Waals surface area contributed by atoms with Gasteiger partial charge >= 0.3 is 0 Å². The van der Waals surface area contributed by atoms with Gasteiger partial charge in [0, 0.05) is 18.6 Å². The van der Waals surface area contributed by atoms with Crippen LogP contribution in [0.15, 0.2) is 30.3 Å². The van der Waals surface area contributed by atoms with E-state index in [9.17, 15) is 4.79 Å². The van der Waals surface area contributed by atoms with Crippen LogP contribution in [0.25, 0.3) is 0 Å². The largest absolute Gasteiger partial charge is 0.309 e. The summed E-state index contributed by atoms with van der Waals surface area (Å²) in [6, 6.07) is 10.0. The van der Waals surface area contributed by atoms with Crippen LogP contribution in [0.5, 0.6) is 0 Å². The third-order valence-corrected chi connectivity index (χ3v) is 2.65. The summed E-state index contributed by atoms with van der Waals surface area (Å²) in [7, 11) is 0. The van der Waals surface area contributed by atoms with Gasteiger partial charge in [0.05, 0.1) is 0 Å². The number of nitrogens with one attached hydrogen (secondary N) is 1. The molecule has 0 heterocycles. The zero-order valence-corrected chi connectivity index (χ0v) is 7.99. The van der Waals surface area contributed by atoms with Gasteiger partial charge in [-0.2, -0.15) is 0 Å². The molecule has 14 heavy (non-hydrogen) atoms. The normalized spacial score (nSPS) is 22.4. The fourth-order valence-corrected chi connectivity index (χ4v) is 1.99. The first kappa shape index (κ1) is 9.13. The highest BCUT2D eigenvalue weighted by Crippen LogP contribution is 2.28. The molecule has 1 atom stereocenters. The van der Waals surface area contributed by atoms with Gasteiger partial charge in [-0.3, -0.25) is 4.79 Å². The van der Waals surface area contributed by atoms with Crippen molar-refractivity contribution >= 4 is 11.5 Å². The van der Waals surface area contributed by atoms with Crippen LogP contribution in [0.3, 0.4) is 0 Å². The maximum Gasteiger partial charge on any atom is 0.139 e. The van der Waals surface area contributed by atoms with Gasteiger partial charge in [-0.1, -0.05) is 30.3 Å². The first-order valence-corrected chi connectivity index (χ1v) is 4.88. The van der Waals surface area contributed by atoms with E-state index in [1.807, 2.05) is 30.3 Å². The van der Waals surface area contributed by atoms with Crippen LogP contribution >= 0.6 is 0 Å². The van der Waals surface area contributed by atoms with Crippen molar-refractivity contribution in [2.45, 2.75) is 25.2 Å². The molecule has 0 amide bonds. The first-order valence-electron chi connectivity index (χ1n) is 4.88. The van der Waals surface area contributed by atoms with Crippen LogP contribution < -0.4 is 0 Å². The van der Waals surface area contributed by atoms with Crippen molar-refractivity contribution in [1.29, 1.82) is 5.41 Å². The van der Waals surface area contributed by atoms with E-state index in [0.29, 0.717) is 18.6 Å². The number of Topliss-reactive ketones (excluding diaryl/α,β-unsaturated/α-hetero) is 1. The number of rotatable bonds is 1. The second kappa shape index (κ2) is 3.74. The highest BCUT2D eigenvalue weighted by molar-refractivity contribution is 6.03. The summed E-state index contributed by atoms with van der Waals surface area (Å²) < 4.78 is 0. The van der Waals surface area contributed by atoms with Crippen molar-refractivity contribution in [2.75, 3.05) is 0 Å². The highest BCUT2D eigenvalue weighted by Gasteiger charge is 2.23. The van der Waals surface area contributed by atoms with E-state index in [1.165, 1.54) is 5.56 Å². The summed E-state index contributed by atoms with van der Waals surface area (Å²) in [4.78, 5) is 11.3. The molecule has 1 aromatic carbocycles. The molecule has 0 saturated heterocycles. The second-order valence-electron chi connectivity index (χ2n) is 3.83. The summed E-state index contributed by atoms with van der Waals surface area (Å²) >= 11 is 0. The minimum Gasteiger partial charge on any atom is -0.309 e. The maximum atomic E-state index is 11.3. The molecular formula is C12H13NO. The Bertz CT molecular complexity index is 340. The Labute approximate surface area is 83.5 Å². The van der Waals surface area contributed by atoms with Gasteiger partial charge in [0.25, 0.3) is 0 Å². The lowest BCUT2D eigenvalue weighted by Crippen LogP contribution is -2.20. The lowest BCUT2D eigenvalue weighted by molar-refractivity contribution is -0.118. The molecule has 0 radical (unpaired) electrons. The van der Waals surface area contributed by atoms with Gasteiger partial charge in [0.15, 0.2) is 0 Å². The molecule has 0 aromatic heterocycles. The number of carbonyl (C=O) groups is 1. The summed E-state index contributed by atoms with van der Waals surface area (Å²) in [6.07, 6.45) is 1.71. The Morgan fingerprint density at radius 3 is 2.50 bits per heavy atom. The van der Waals surface area contributed by atoms with Gasteiger partial charge in [0.2, 0.25) is 0 Å². The molecule has 1 aliphatic rings. The van der Waals surface area contributed by atoms with E-state index in [4.69, 9.17) is 5.41 Å². The zero-order chi connectivity index (χ0) is 9.97. The number of hydrogen-bond acceptors (Lipinski definition) is 2. The molecule has 1 unspecified atom stereocenters. The van der Waals surface area contributed by atoms with Crippen LogP contribution in [0.4, 0.5) is 0 Å². The highest BCUT2D eigenvalue weighted by atomic mass is 16.1. The summed E-state index contributed by atoms with van der Waals surface area (Å²) in [5, 5.41) is 7.58. The van der Waals surface area contributed by atoms with E-state index in [-0.39, 0.29) is 11.7 Å². The Morgan fingerprint density at radius 2 is 1.86 bits per heavy atom. The maximum absolute atomic E-state index is 11.3. The molecule has 1 N–H and O–H groups in total. The van der Waals surface area contributed by atoms with Crippen molar-refractivity contribution in [3.05, 3.63) is 35.9 Å². The van der Waals surface area contributed by atoms with Crippen LogP contribution in [-0.4, -0.2) is 11.5 Å². The second-order valence-corrected chi connectivity index (χ2v) is 3.83. The molecule has 1 saturated carbocycles. The van der Waals surface area contributed by atoms with E-state index >= 15 is 0 Å². The topological polar surface area (TPSA) is 40.9 Å². The van der Waals surface area contributed by atoms with Crippen LogP contribution in [0.2, 0.25) is 0 Å². The smallest absolute Gasteiger partial charge is 0.139 e. The first-order chi connectivity index (χ1) is 6.75. The van der Waals surface area contributed by atoms with Gasteiger partial charge in [-0.25, -0.2) is 0 Å². The molecule has 0 aliphatic heterocycles. The minimum absolute atomic E-state index is 0.204. The number of benzene rings is 1. The average Bonchev–Trinajstić information content (AvgIpc) is 2.18. The molecule has 72 valence electrons. The van der Waals surface area contributed by atoms with E-state index < -0.39 is 0 Å². The van der Waals surface area contributed by atoms with Crippen LogP contribution in [0.1, 0.15) is 30.7 Å². The van der Waals surface area contributed by atoms with Crippen molar-refractivity contribution in [1.82, 2.24) is 0 Å².